The third-order valence-corrected chi connectivity index (χ3v) is 7.81. The van der Waals surface area contributed by atoms with Gasteiger partial charge < -0.3 is 5.11 Å². The lowest BCUT2D eigenvalue weighted by molar-refractivity contribution is 0.0687. The highest BCUT2D eigenvalue weighted by atomic mass is 32.2. The minimum Gasteiger partial charge on any atom is -0.476 e. The zero-order valence-electron chi connectivity index (χ0n) is 15.1. The molecule has 9 heteroatoms. The molecular formula is C17H26N4O4S. The number of aromatic nitrogens is 2. The van der Waals surface area contributed by atoms with Crippen molar-refractivity contribution in [2.24, 2.45) is 11.8 Å². The highest BCUT2D eigenvalue weighted by molar-refractivity contribution is 7.86. The predicted molar refractivity (Wildman–Crippen MR) is 94.9 cm³/mol. The Labute approximate surface area is 154 Å². The molecule has 26 heavy (non-hydrogen) atoms. The van der Waals surface area contributed by atoms with Crippen LogP contribution in [0.1, 0.15) is 54.4 Å². The van der Waals surface area contributed by atoms with Crippen molar-refractivity contribution in [2.45, 2.75) is 52.1 Å². The molecule has 0 spiro atoms. The van der Waals surface area contributed by atoms with Crippen LogP contribution in [0, 0.1) is 11.8 Å². The molecule has 0 aromatic carbocycles. The molecule has 1 N–H and O–H groups in total. The molecule has 8 nitrogen and oxygen atoms in total. The Kier molecular flexibility index (Phi) is 4.56. The monoisotopic (exact) mass is 382 g/mol. The number of piperidine rings is 1. The minimum absolute atomic E-state index is 0.00724. The van der Waals surface area contributed by atoms with Crippen LogP contribution in [0.25, 0.3) is 0 Å². The van der Waals surface area contributed by atoms with Crippen LogP contribution >= 0.6 is 0 Å². The zero-order chi connectivity index (χ0) is 18.5. The molecule has 1 aliphatic carbocycles. The van der Waals surface area contributed by atoms with Crippen molar-refractivity contribution >= 4 is 16.2 Å². The first-order chi connectivity index (χ1) is 12.4. The molecule has 1 aromatic heterocycles. The standard InChI is InChI=1S/C17H26N4O4S/c1-12-4-7-19(8-5-12)26(24,25)20-9-6-15-14(11-20)16(17(22)23)18-21(15)10-13-2-3-13/h12-13H,2-11H2,1H3,(H,22,23). The summed E-state index contributed by atoms with van der Waals surface area (Å²) in [6.45, 7) is 4.46. The maximum Gasteiger partial charge on any atom is 0.356 e. The number of carboxylic acids is 1. The molecule has 144 valence electrons. The molecule has 2 fully saturated rings. The number of aromatic carboxylic acids is 1. The summed E-state index contributed by atoms with van der Waals surface area (Å²) in [6, 6.07) is 0. The molecule has 3 heterocycles. The van der Waals surface area contributed by atoms with Crippen molar-refractivity contribution in [2.75, 3.05) is 19.6 Å². The largest absolute Gasteiger partial charge is 0.476 e. The van der Waals surface area contributed by atoms with E-state index in [0.29, 0.717) is 43.5 Å². The van der Waals surface area contributed by atoms with E-state index in [4.69, 9.17) is 0 Å². The number of nitrogens with zero attached hydrogens (tertiary/aromatic N) is 4. The molecule has 0 atom stereocenters. The van der Waals surface area contributed by atoms with Crippen LogP contribution in [-0.4, -0.2) is 57.5 Å². The molecule has 4 rings (SSSR count). The lowest BCUT2D eigenvalue weighted by Crippen LogP contribution is -2.48. The summed E-state index contributed by atoms with van der Waals surface area (Å²) in [4.78, 5) is 11.6. The van der Waals surface area contributed by atoms with Gasteiger partial charge in [0.15, 0.2) is 5.69 Å². The summed E-state index contributed by atoms with van der Waals surface area (Å²) < 4.78 is 30.8. The fraction of sp³-hybridized carbons (Fsp3) is 0.765. The Balaban J connectivity index is 1.58. The molecule has 2 aliphatic heterocycles. The fourth-order valence-electron chi connectivity index (χ4n) is 3.91. The third kappa shape index (κ3) is 3.27. The van der Waals surface area contributed by atoms with Gasteiger partial charge in [-0.3, -0.25) is 4.68 Å². The van der Waals surface area contributed by atoms with Gasteiger partial charge in [0.1, 0.15) is 0 Å². The molecular weight excluding hydrogens is 356 g/mol. The number of carbonyl (C=O) groups is 1. The second-order valence-corrected chi connectivity index (χ2v) is 9.81. The lowest BCUT2D eigenvalue weighted by atomic mass is 10.0. The number of rotatable bonds is 5. The van der Waals surface area contributed by atoms with Crippen LogP contribution in [0.15, 0.2) is 0 Å². The summed E-state index contributed by atoms with van der Waals surface area (Å²) >= 11 is 0. The van der Waals surface area contributed by atoms with Gasteiger partial charge in [0, 0.05) is 50.4 Å². The van der Waals surface area contributed by atoms with E-state index in [-0.39, 0.29) is 12.2 Å². The molecule has 0 radical (unpaired) electrons. The number of fused-ring (bicyclic) bond motifs is 1. The zero-order valence-corrected chi connectivity index (χ0v) is 15.9. The Morgan fingerprint density at radius 1 is 1.15 bits per heavy atom. The molecule has 0 bridgehead atoms. The summed E-state index contributed by atoms with van der Waals surface area (Å²) in [5.74, 6) is 0.0493. The Morgan fingerprint density at radius 2 is 1.85 bits per heavy atom. The van der Waals surface area contributed by atoms with E-state index in [1.165, 1.54) is 4.31 Å². The van der Waals surface area contributed by atoms with Crippen LogP contribution in [0.4, 0.5) is 0 Å². The van der Waals surface area contributed by atoms with Gasteiger partial charge >= 0.3 is 5.97 Å². The molecule has 0 amide bonds. The molecule has 3 aliphatic rings. The first-order valence-corrected chi connectivity index (χ1v) is 10.8. The Hall–Kier alpha value is -1.45. The molecule has 0 unspecified atom stereocenters. The summed E-state index contributed by atoms with van der Waals surface area (Å²) in [7, 11) is -3.56. The average Bonchev–Trinajstić information content (AvgIpc) is 3.35. The van der Waals surface area contributed by atoms with E-state index < -0.39 is 16.2 Å². The molecule has 1 saturated carbocycles. The van der Waals surface area contributed by atoms with E-state index >= 15 is 0 Å². The summed E-state index contributed by atoms with van der Waals surface area (Å²) in [5, 5.41) is 13.8. The van der Waals surface area contributed by atoms with Gasteiger partial charge in [-0.2, -0.15) is 22.1 Å². The molecule has 1 saturated heterocycles. The number of hydrogen-bond donors (Lipinski definition) is 1. The maximum atomic E-state index is 13.0. The second kappa shape index (κ2) is 6.61. The van der Waals surface area contributed by atoms with Gasteiger partial charge in [0.05, 0.1) is 0 Å². The highest BCUT2D eigenvalue weighted by Crippen LogP contribution is 2.33. The molecule has 1 aromatic rings. The van der Waals surface area contributed by atoms with Crippen molar-refractivity contribution in [3.63, 3.8) is 0 Å². The van der Waals surface area contributed by atoms with Gasteiger partial charge in [-0.25, -0.2) is 4.79 Å². The lowest BCUT2D eigenvalue weighted by Gasteiger charge is -2.35. The Morgan fingerprint density at radius 3 is 2.46 bits per heavy atom. The predicted octanol–water partition coefficient (Wildman–Crippen LogP) is 1.33. The van der Waals surface area contributed by atoms with Crippen LogP contribution < -0.4 is 0 Å². The fourth-order valence-corrected chi connectivity index (χ4v) is 5.52. The van der Waals surface area contributed by atoms with E-state index in [1.54, 1.807) is 4.31 Å². The van der Waals surface area contributed by atoms with Gasteiger partial charge in [-0.1, -0.05) is 6.92 Å². The van der Waals surface area contributed by atoms with Gasteiger partial charge in [0.2, 0.25) is 0 Å². The average molecular weight is 382 g/mol. The van der Waals surface area contributed by atoms with Crippen molar-refractivity contribution in [1.82, 2.24) is 18.4 Å². The van der Waals surface area contributed by atoms with Gasteiger partial charge in [-0.15, -0.1) is 0 Å². The maximum absolute atomic E-state index is 13.0. The van der Waals surface area contributed by atoms with Crippen molar-refractivity contribution < 1.29 is 18.3 Å². The van der Waals surface area contributed by atoms with Crippen molar-refractivity contribution in [3.8, 4) is 0 Å². The number of carboxylic acid groups (broad SMARTS) is 1. The van der Waals surface area contributed by atoms with E-state index in [9.17, 15) is 18.3 Å². The second-order valence-electron chi connectivity index (χ2n) is 7.88. The first-order valence-electron chi connectivity index (χ1n) is 9.43. The quantitative estimate of drug-likeness (QED) is 0.829. The SMILES string of the molecule is CC1CCN(S(=O)(=O)N2CCc3c(c(C(=O)O)nn3CC3CC3)C2)CC1. The van der Waals surface area contributed by atoms with Gasteiger partial charge in [0.25, 0.3) is 10.2 Å². The van der Waals surface area contributed by atoms with E-state index in [2.05, 4.69) is 12.0 Å². The topological polar surface area (TPSA) is 95.7 Å². The van der Waals surface area contributed by atoms with Crippen LogP contribution in [-0.2, 0) is 29.7 Å². The third-order valence-electron chi connectivity index (χ3n) is 5.82. The normalized spacial score (nSPS) is 23.1. The summed E-state index contributed by atoms with van der Waals surface area (Å²) in [5.41, 5.74) is 1.47. The van der Waals surface area contributed by atoms with E-state index in [0.717, 1.165) is 37.9 Å². The number of hydrogen-bond acceptors (Lipinski definition) is 4. The Bertz CT molecular complexity index is 807. The van der Waals surface area contributed by atoms with Crippen LogP contribution in [0.5, 0.6) is 0 Å². The van der Waals surface area contributed by atoms with Gasteiger partial charge in [-0.05, 0) is 37.5 Å². The van der Waals surface area contributed by atoms with Crippen molar-refractivity contribution in [1.29, 1.82) is 0 Å². The minimum atomic E-state index is -3.56. The smallest absolute Gasteiger partial charge is 0.356 e. The van der Waals surface area contributed by atoms with E-state index in [1.807, 2.05) is 4.68 Å². The van der Waals surface area contributed by atoms with Crippen LogP contribution in [0.3, 0.4) is 0 Å². The van der Waals surface area contributed by atoms with Crippen molar-refractivity contribution in [3.05, 3.63) is 17.0 Å². The van der Waals surface area contributed by atoms with Crippen LogP contribution in [0.2, 0.25) is 0 Å². The first kappa shape index (κ1) is 17.9. The summed E-state index contributed by atoms with van der Waals surface area (Å²) in [6.07, 6.45) is 4.58. The highest BCUT2D eigenvalue weighted by Gasteiger charge is 2.37.